The number of phenolic OH excluding ortho intramolecular Hbond substituents is 1. The number of nitrogens with two attached hydrogens (primary N) is 1. The molecule has 1 heterocycles. The predicted molar refractivity (Wildman–Crippen MR) is 71.1 cm³/mol. The molecule has 0 amide bonds. The molecule has 0 aliphatic heterocycles. The van der Waals surface area contributed by atoms with Crippen LogP contribution in [0.1, 0.15) is 23.9 Å². The fourth-order valence-corrected chi connectivity index (χ4v) is 2.72. The van der Waals surface area contributed by atoms with Gasteiger partial charge in [-0.2, -0.15) is 0 Å². The molecule has 0 saturated heterocycles. The van der Waals surface area contributed by atoms with Crippen molar-refractivity contribution in [2.24, 2.45) is 5.73 Å². The number of hydrogen-bond donors (Lipinski definition) is 2. The highest BCUT2D eigenvalue weighted by atomic mass is 32.1. The number of benzene rings is 1. The van der Waals surface area contributed by atoms with Crippen molar-refractivity contribution < 1.29 is 5.11 Å². The van der Waals surface area contributed by atoms with Crippen molar-refractivity contribution in [3.8, 4) is 16.3 Å². The summed E-state index contributed by atoms with van der Waals surface area (Å²) >= 11 is 1.61. The van der Waals surface area contributed by atoms with Gasteiger partial charge in [-0.1, -0.05) is 25.5 Å². The zero-order valence-corrected chi connectivity index (χ0v) is 10.6. The van der Waals surface area contributed by atoms with E-state index in [0.717, 1.165) is 34.0 Å². The summed E-state index contributed by atoms with van der Waals surface area (Å²) in [7, 11) is 0. The number of rotatable bonds is 4. The molecule has 3 N–H and O–H groups in total. The van der Waals surface area contributed by atoms with Gasteiger partial charge >= 0.3 is 0 Å². The highest BCUT2D eigenvalue weighted by molar-refractivity contribution is 7.15. The van der Waals surface area contributed by atoms with Gasteiger partial charge in [0.15, 0.2) is 0 Å². The first kappa shape index (κ1) is 12.1. The van der Waals surface area contributed by atoms with Crippen LogP contribution < -0.4 is 5.73 Å². The molecule has 90 valence electrons. The summed E-state index contributed by atoms with van der Waals surface area (Å²) in [4.78, 5) is 5.75. The smallest absolute Gasteiger partial charge is 0.124 e. The van der Waals surface area contributed by atoms with Crippen LogP contribution in [0.3, 0.4) is 0 Å². The summed E-state index contributed by atoms with van der Waals surface area (Å²) in [6, 6.07) is 7.17. The third-order valence-electron chi connectivity index (χ3n) is 2.54. The van der Waals surface area contributed by atoms with Gasteiger partial charge in [-0.05, 0) is 18.6 Å². The Bertz CT molecular complexity index is 508. The van der Waals surface area contributed by atoms with Gasteiger partial charge in [-0.25, -0.2) is 4.98 Å². The molecule has 0 unspecified atom stereocenters. The molecule has 0 aliphatic carbocycles. The van der Waals surface area contributed by atoms with E-state index in [-0.39, 0.29) is 5.75 Å². The highest BCUT2D eigenvalue weighted by Crippen LogP contribution is 2.30. The monoisotopic (exact) mass is 248 g/mol. The van der Waals surface area contributed by atoms with Crippen molar-refractivity contribution in [1.82, 2.24) is 4.98 Å². The molecule has 0 spiro atoms. The number of hydrogen-bond acceptors (Lipinski definition) is 4. The molecule has 0 atom stereocenters. The highest BCUT2D eigenvalue weighted by Gasteiger charge is 2.10. The Morgan fingerprint density at radius 2 is 2.24 bits per heavy atom. The van der Waals surface area contributed by atoms with Crippen LogP contribution in [0.4, 0.5) is 0 Å². The molecule has 1 aromatic carbocycles. The lowest BCUT2D eigenvalue weighted by molar-refractivity contribution is 0.475. The summed E-state index contributed by atoms with van der Waals surface area (Å²) in [6.07, 6.45) is 2.03. The van der Waals surface area contributed by atoms with E-state index < -0.39 is 0 Å². The molecule has 3 nitrogen and oxygen atoms in total. The Kier molecular flexibility index (Phi) is 3.76. The van der Waals surface area contributed by atoms with Crippen molar-refractivity contribution >= 4 is 11.3 Å². The molecular formula is C13H16N2OS. The second-order valence-electron chi connectivity index (χ2n) is 3.89. The standard InChI is InChI=1S/C13H16N2OS/c1-2-4-11-12(8-14)17-13(15-11)9-5-3-6-10(16)7-9/h3,5-7,16H,2,4,8,14H2,1H3. The minimum Gasteiger partial charge on any atom is -0.508 e. The van der Waals surface area contributed by atoms with Crippen LogP contribution in [-0.4, -0.2) is 10.1 Å². The lowest BCUT2D eigenvalue weighted by Gasteiger charge is -1.96. The average molecular weight is 248 g/mol. The maximum atomic E-state index is 9.46. The van der Waals surface area contributed by atoms with Crippen LogP contribution in [0, 0.1) is 0 Å². The maximum Gasteiger partial charge on any atom is 0.124 e. The first-order valence-corrected chi connectivity index (χ1v) is 6.54. The van der Waals surface area contributed by atoms with Crippen LogP contribution in [0.5, 0.6) is 5.75 Å². The summed E-state index contributed by atoms with van der Waals surface area (Å²) < 4.78 is 0. The summed E-state index contributed by atoms with van der Waals surface area (Å²) in [5.41, 5.74) is 7.77. The predicted octanol–water partition coefficient (Wildman–Crippen LogP) is 2.93. The Balaban J connectivity index is 2.39. The zero-order chi connectivity index (χ0) is 12.3. The van der Waals surface area contributed by atoms with Crippen LogP contribution >= 0.6 is 11.3 Å². The fourth-order valence-electron chi connectivity index (χ4n) is 1.74. The summed E-state index contributed by atoms with van der Waals surface area (Å²) in [5, 5.41) is 10.4. The topological polar surface area (TPSA) is 59.1 Å². The molecule has 2 aromatic rings. The minimum absolute atomic E-state index is 0.268. The molecular weight excluding hydrogens is 232 g/mol. The minimum atomic E-state index is 0.268. The lowest BCUT2D eigenvalue weighted by atomic mass is 10.2. The first-order valence-electron chi connectivity index (χ1n) is 5.72. The Hall–Kier alpha value is -1.39. The lowest BCUT2D eigenvalue weighted by Crippen LogP contribution is -1.97. The van der Waals surface area contributed by atoms with Crippen molar-refractivity contribution in [3.05, 3.63) is 34.8 Å². The van der Waals surface area contributed by atoms with Gasteiger partial charge in [0, 0.05) is 17.0 Å². The van der Waals surface area contributed by atoms with E-state index in [1.165, 1.54) is 0 Å². The van der Waals surface area contributed by atoms with Crippen molar-refractivity contribution in [3.63, 3.8) is 0 Å². The van der Waals surface area contributed by atoms with E-state index in [2.05, 4.69) is 11.9 Å². The van der Waals surface area contributed by atoms with E-state index in [4.69, 9.17) is 5.73 Å². The molecule has 4 heteroatoms. The van der Waals surface area contributed by atoms with Crippen LogP contribution in [0.25, 0.3) is 10.6 Å². The van der Waals surface area contributed by atoms with Gasteiger partial charge in [0.2, 0.25) is 0 Å². The average Bonchev–Trinajstić information content (AvgIpc) is 2.73. The first-order chi connectivity index (χ1) is 8.24. The van der Waals surface area contributed by atoms with E-state index in [9.17, 15) is 5.11 Å². The number of aryl methyl sites for hydroxylation is 1. The Morgan fingerprint density at radius 1 is 1.41 bits per heavy atom. The van der Waals surface area contributed by atoms with E-state index >= 15 is 0 Å². The Labute approximate surface area is 105 Å². The van der Waals surface area contributed by atoms with Gasteiger partial charge in [0.25, 0.3) is 0 Å². The van der Waals surface area contributed by atoms with Gasteiger partial charge in [0.1, 0.15) is 10.8 Å². The third-order valence-corrected chi connectivity index (χ3v) is 3.71. The SMILES string of the molecule is CCCc1nc(-c2cccc(O)c2)sc1CN. The summed E-state index contributed by atoms with van der Waals surface area (Å²) in [5.74, 6) is 0.268. The quantitative estimate of drug-likeness (QED) is 0.874. The zero-order valence-electron chi connectivity index (χ0n) is 9.81. The van der Waals surface area contributed by atoms with E-state index in [1.54, 1.807) is 23.5 Å². The van der Waals surface area contributed by atoms with E-state index in [1.807, 2.05) is 12.1 Å². The second kappa shape index (κ2) is 5.29. The number of aromatic hydroxyl groups is 1. The molecule has 0 saturated carbocycles. The van der Waals surface area contributed by atoms with Crippen LogP contribution in [-0.2, 0) is 13.0 Å². The van der Waals surface area contributed by atoms with Crippen LogP contribution in [0.15, 0.2) is 24.3 Å². The van der Waals surface area contributed by atoms with Gasteiger partial charge < -0.3 is 10.8 Å². The van der Waals surface area contributed by atoms with Crippen molar-refractivity contribution in [1.29, 1.82) is 0 Å². The van der Waals surface area contributed by atoms with Gasteiger partial charge in [0.05, 0.1) is 5.69 Å². The third kappa shape index (κ3) is 2.65. The second-order valence-corrected chi connectivity index (χ2v) is 4.98. The molecule has 2 rings (SSSR count). The van der Waals surface area contributed by atoms with Crippen LogP contribution in [0.2, 0.25) is 0 Å². The molecule has 0 aliphatic rings. The molecule has 1 aromatic heterocycles. The van der Waals surface area contributed by atoms with Crippen molar-refractivity contribution in [2.45, 2.75) is 26.3 Å². The van der Waals surface area contributed by atoms with E-state index in [0.29, 0.717) is 6.54 Å². The molecule has 0 bridgehead atoms. The number of thiazole rings is 1. The number of nitrogens with zero attached hydrogens (tertiary/aromatic N) is 1. The number of phenols is 1. The molecule has 0 radical (unpaired) electrons. The maximum absolute atomic E-state index is 9.46. The molecule has 0 fully saturated rings. The molecule has 17 heavy (non-hydrogen) atoms. The Morgan fingerprint density at radius 3 is 2.88 bits per heavy atom. The number of aromatic nitrogens is 1. The largest absolute Gasteiger partial charge is 0.508 e. The fraction of sp³-hybridized carbons (Fsp3) is 0.308. The van der Waals surface area contributed by atoms with Gasteiger partial charge in [-0.15, -0.1) is 11.3 Å². The normalized spacial score (nSPS) is 10.7. The van der Waals surface area contributed by atoms with Gasteiger partial charge in [-0.3, -0.25) is 0 Å². The van der Waals surface area contributed by atoms with Crippen molar-refractivity contribution in [2.75, 3.05) is 0 Å². The summed E-state index contributed by atoms with van der Waals surface area (Å²) in [6.45, 7) is 2.67.